The van der Waals surface area contributed by atoms with Crippen LogP contribution in [-0.2, 0) is 4.74 Å². The number of nitrogens with one attached hydrogen (secondary N) is 1. The smallest absolute Gasteiger partial charge is 0.254 e. The minimum absolute atomic E-state index is 0.255. The summed E-state index contributed by atoms with van der Waals surface area (Å²) in [6.07, 6.45) is 4.69. The highest BCUT2D eigenvalue weighted by molar-refractivity contribution is 5.95. The maximum atomic E-state index is 13.6. The lowest BCUT2D eigenvalue weighted by Crippen LogP contribution is -2.29. The van der Waals surface area contributed by atoms with Gasteiger partial charge >= 0.3 is 0 Å². The summed E-state index contributed by atoms with van der Waals surface area (Å²) in [6, 6.07) is 1.67. The maximum Gasteiger partial charge on any atom is 0.254 e. The van der Waals surface area contributed by atoms with Crippen LogP contribution >= 0.6 is 0 Å². The second-order valence-electron chi connectivity index (χ2n) is 4.89. The number of amides is 1. The Morgan fingerprint density at radius 2 is 2.05 bits per heavy atom. The zero-order valence-electron chi connectivity index (χ0n) is 11.1. The molecule has 0 saturated heterocycles. The van der Waals surface area contributed by atoms with Crippen LogP contribution in [0.15, 0.2) is 12.1 Å². The van der Waals surface area contributed by atoms with Gasteiger partial charge in [-0.25, -0.2) is 8.78 Å². The number of benzene rings is 1. The van der Waals surface area contributed by atoms with Crippen LogP contribution in [-0.4, -0.2) is 25.2 Å². The standard InChI is InChI=1S/C14H18F2N2O2/c15-9-7-11(13(16)12(17)8-9)14(19)18-5-6-20-10-3-1-2-4-10/h7-8,10H,1-6,17H2,(H,18,19). The number of halogens is 2. The molecule has 1 aromatic carbocycles. The molecule has 110 valence electrons. The Hall–Kier alpha value is -1.69. The molecule has 0 unspecified atom stereocenters. The summed E-state index contributed by atoms with van der Waals surface area (Å²) in [5.41, 5.74) is 4.51. The molecular weight excluding hydrogens is 266 g/mol. The van der Waals surface area contributed by atoms with Crippen molar-refractivity contribution in [2.75, 3.05) is 18.9 Å². The molecule has 3 N–H and O–H groups in total. The Labute approximate surface area is 116 Å². The molecule has 1 aromatic rings. The Bertz CT molecular complexity index is 488. The van der Waals surface area contributed by atoms with Crippen molar-refractivity contribution in [3.63, 3.8) is 0 Å². The van der Waals surface area contributed by atoms with E-state index in [1.807, 2.05) is 0 Å². The van der Waals surface area contributed by atoms with E-state index < -0.39 is 17.5 Å². The quantitative estimate of drug-likeness (QED) is 0.644. The van der Waals surface area contributed by atoms with Gasteiger partial charge in [-0.05, 0) is 25.0 Å². The van der Waals surface area contributed by atoms with E-state index in [2.05, 4.69) is 5.32 Å². The fourth-order valence-electron chi connectivity index (χ4n) is 2.32. The second kappa shape index (κ2) is 6.65. The van der Waals surface area contributed by atoms with Crippen LogP contribution in [0, 0.1) is 11.6 Å². The first-order valence-electron chi connectivity index (χ1n) is 6.72. The van der Waals surface area contributed by atoms with Gasteiger partial charge in [-0.1, -0.05) is 12.8 Å². The largest absolute Gasteiger partial charge is 0.396 e. The first-order valence-corrected chi connectivity index (χ1v) is 6.72. The number of hydrogen-bond donors (Lipinski definition) is 2. The summed E-state index contributed by atoms with van der Waals surface area (Å²) >= 11 is 0. The van der Waals surface area contributed by atoms with Gasteiger partial charge in [0.2, 0.25) is 0 Å². The van der Waals surface area contributed by atoms with Crippen LogP contribution in [0.25, 0.3) is 0 Å². The van der Waals surface area contributed by atoms with E-state index in [0.717, 1.165) is 25.0 Å². The van der Waals surface area contributed by atoms with Crippen LogP contribution in [0.1, 0.15) is 36.0 Å². The van der Waals surface area contributed by atoms with Crippen molar-refractivity contribution >= 4 is 11.6 Å². The third-order valence-corrected chi connectivity index (χ3v) is 3.35. The number of anilines is 1. The highest BCUT2D eigenvalue weighted by Gasteiger charge is 2.17. The summed E-state index contributed by atoms with van der Waals surface area (Å²) in [4.78, 5) is 11.7. The van der Waals surface area contributed by atoms with Crippen molar-refractivity contribution in [1.82, 2.24) is 5.32 Å². The molecule has 6 heteroatoms. The van der Waals surface area contributed by atoms with E-state index in [9.17, 15) is 13.6 Å². The fraction of sp³-hybridized carbons (Fsp3) is 0.500. The SMILES string of the molecule is Nc1cc(F)cc(C(=O)NCCOC2CCCC2)c1F. The van der Waals surface area contributed by atoms with Crippen molar-refractivity contribution in [3.05, 3.63) is 29.3 Å². The van der Waals surface area contributed by atoms with E-state index in [4.69, 9.17) is 10.5 Å². The fourth-order valence-corrected chi connectivity index (χ4v) is 2.32. The normalized spacial score (nSPS) is 15.5. The van der Waals surface area contributed by atoms with E-state index in [-0.39, 0.29) is 23.9 Å². The Morgan fingerprint density at radius 3 is 2.75 bits per heavy atom. The van der Waals surface area contributed by atoms with Crippen LogP contribution in [0.3, 0.4) is 0 Å². The molecule has 1 aliphatic rings. The van der Waals surface area contributed by atoms with Gasteiger partial charge in [-0.2, -0.15) is 0 Å². The maximum absolute atomic E-state index is 13.6. The van der Waals surface area contributed by atoms with E-state index in [0.29, 0.717) is 6.61 Å². The Morgan fingerprint density at radius 1 is 1.35 bits per heavy atom. The lowest BCUT2D eigenvalue weighted by molar-refractivity contribution is 0.0581. The number of nitrogen functional groups attached to an aromatic ring is 1. The molecule has 1 aliphatic carbocycles. The van der Waals surface area contributed by atoms with Gasteiger partial charge in [0.25, 0.3) is 5.91 Å². The van der Waals surface area contributed by atoms with Gasteiger partial charge in [0.1, 0.15) is 5.82 Å². The number of hydrogen-bond acceptors (Lipinski definition) is 3. The number of carbonyl (C=O) groups excluding carboxylic acids is 1. The van der Waals surface area contributed by atoms with Gasteiger partial charge in [0, 0.05) is 6.54 Å². The Kier molecular flexibility index (Phi) is 4.89. The molecule has 1 amide bonds. The lowest BCUT2D eigenvalue weighted by Gasteiger charge is -2.12. The molecule has 0 radical (unpaired) electrons. The molecular formula is C14H18F2N2O2. The van der Waals surface area contributed by atoms with Gasteiger partial charge in [-0.3, -0.25) is 4.79 Å². The lowest BCUT2D eigenvalue weighted by atomic mass is 10.1. The van der Waals surface area contributed by atoms with Gasteiger partial charge in [0.15, 0.2) is 5.82 Å². The molecule has 20 heavy (non-hydrogen) atoms. The van der Waals surface area contributed by atoms with Crippen molar-refractivity contribution in [2.45, 2.75) is 31.8 Å². The van der Waals surface area contributed by atoms with Gasteiger partial charge in [0.05, 0.1) is 24.0 Å². The van der Waals surface area contributed by atoms with Crippen LogP contribution < -0.4 is 11.1 Å². The van der Waals surface area contributed by atoms with Crippen molar-refractivity contribution in [2.24, 2.45) is 0 Å². The summed E-state index contributed by atoms with van der Waals surface area (Å²) in [5.74, 6) is -2.33. The third kappa shape index (κ3) is 3.66. The molecule has 0 atom stereocenters. The molecule has 0 aromatic heterocycles. The average Bonchev–Trinajstić information content (AvgIpc) is 2.91. The van der Waals surface area contributed by atoms with Crippen molar-refractivity contribution < 1.29 is 18.3 Å². The monoisotopic (exact) mass is 284 g/mol. The van der Waals surface area contributed by atoms with Crippen molar-refractivity contribution in [1.29, 1.82) is 0 Å². The minimum atomic E-state index is -0.902. The summed E-state index contributed by atoms with van der Waals surface area (Å²) in [6.45, 7) is 0.619. The van der Waals surface area contributed by atoms with E-state index in [1.54, 1.807) is 0 Å². The first kappa shape index (κ1) is 14.7. The van der Waals surface area contributed by atoms with Crippen LogP contribution in [0.2, 0.25) is 0 Å². The predicted molar refractivity (Wildman–Crippen MR) is 71.3 cm³/mol. The predicted octanol–water partition coefficient (Wildman–Crippen LogP) is 2.24. The second-order valence-corrected chi connectivity index (χ2v) is 4.89. The average molecular weight is 284 g/mol. The van der Waals surface area contributed by atoms with Gasteiger partial charge < -0.3 is 15.8 Å². The van der Waals surface area contributed by atoms with Crippen molar-refractivity contribution in [3.8, 4) is 0 Å². The topological polar surface area (TPSA) is 64.4 Å². The van der Waals surface area contributed by atoms with Gasteiger partial charge in [-0.15, -0.1) is 0 Å². The minimum Gasteiger partial charge on any atom is -0.396 e. The molecule has 4 nitrogen and oxygen atoms in total. The molecule has 0 bridgehead atoms. The molecule has 0 spiro atoms. The van der Waals surface area contributed by atoms with E-state index >= 15 is 0 Å². The van der Waals surface area contributed by atoms with E-state index in [1.165, 1.54) is 12.8 Å². The number of carbonyl (C=O) groups is 1. The first-order chi connectivity index (χ1) is 9.58. The molecule has 0 heterocycles. The van der Waals surface area contributed by atoms with Crippen LogP contribution in [0.4, 0.5) is 14.5 Å². The molecule has 1 fully saturated rings. The molecule has 1 saturated carbocycles. The molecule has 0 aliphatic heterocycles. The highest BCUT2D eigenvalue weighted by atomic mass is 19.1. The third-order valence-electron chi connectivity index (χ3n) is 3.35. The number of nitrogens with two attached hydrogens (primary N) is 1. The summed E-state index contributed by atoms with van der Waals surface area (Å²) in [5, 5.41) is 2.49. The Balaban J connectivity index is 1.82. The zero-order valence-corrected chi connectivity index (χ0v) is 11.1. The summed E-state index contributed by atoms with van der Waals surface area (Å²) < 4.78 is 32.3. The zero-order chi connectivity index (χ0) is 14.5. The number of rotatable bonds is 5. The number of ether oxygens (including phenoxy) is 1. The summed E-state index contributed by atoms with van der Waals surface area (Å²) in [7, 11) is 0. The highest BCUT2D eigenvalue weighted by Crippen LogP contribution is 2.20. The van der Waals surface area contributed by atoms with Crippen LogP contribution in [0.5, 0.6) is 0 Å². The molecule has 2 rings (SSSR count).